The van der Waals surface area contributed by atoms with E-state index in [9.17, 15) is 5.26 Å². The van der Waals surface area contributed by atoms with Gasteiger partial charge in [-0.3, -0.25) is 4.98 Å². The van der Waals surface area contributed by atoms with Gasteiger partial charge in [-0.05, 0) is 36.4 Å². The summed E-state index contributed by atoms with van der Waals surface area (Å²) < 4.78 is 6.87. The van der Waals surface area contributed by atoms with Crippen LogP contribution in [0.15, 0.2) is 67.0 Å². The van der Waals surface area contributed by atoms with Crippen molar-refractivity contribution in [3.05, 3.63) is 72.6 Å². The highest BCUT2D eigenvalue weighted by Gasteiger charge is 2.11. The minimum absolute atomic E-state index is 0.480. The molecule has 0 N–H and O–H groups in total. The Hall–Kier alpha value is -3.23. The molecule has 4 aromatic rings. The van der Waals surface area contributed by atoms with Crippen LogP contribution in [-0.2, 0) is 0 Å². The molecule has 0 saturated heterocycles. The molecule has 4 nitrogen and oxygen atoms in total. The van der Waals surface area contributed by atoms with E-state index in [1.54, 1.807) is 23.7 Å². The molecule has 0 spiro atoms. The maximum Gasteiger partial charge on any atom is 0.145 e. The van der Waals surface area contributed by atoms with E-state index in [1.165, 1.54) is 0 Å². The summed E-state index contributed by atoms with van der Waals surface area (Å²) >= 11 is 1.58. The number of benzene rings is 2. The molecule has 2 heterocycles. The lowest BCUT2D eigenvalue weighted by Crippen LogP contribution is -1.89. The Kier molecular flexibility index (Phi) is 3.66. The Balaban J connectivity index is 1.72. The second kappa shape index (κ2) is 6.11. The first-order chi connectivity index (χ1) is 11.8. The van der Waals surface area contributed by atoms with Crippen LogP contribution < -0.4 is 4.74 Å². The quantitative estimate of drug-likeness (QED) is 0.529. The highest BCUT2D eigenvalue weighted by molar-refractivity contribution is 7.21. The number of nitrogens with zero attached hydrogens (tertiary/aromatic N) is 3. The monoisotopic (exact) mass is 329 g/mol. The van der Waals surface area contributed by atoms with Crippen molar-refractivity contribution >= 4 is 21.6 Å². The minimum Gasteiger partial charge on any atom is -0.456 e. The van der Waals surface area contributed by atoms with Crippen LogP contribution in [0.1, 0.15) is 5.56 Å². The van der Waals surface area contributed by atoms with Gasteiger partial charge < -0.3 is 4.74 Å². The Bertz CT molecular complexity index is 1020. The molecule has 0 fully saturated rings. The van der Waals surface area contributed by atoms with E-state index in [-0.39, 0.29) is 0 Å². The SMILES string of the molecule is N#Cc1cc(-c2nc3cnccc3s2)ccc1Oc1ccccc1. The van der Waals surface area contributed by atoms with Crippen LogP contribution in [0.3, 0.4) is 0 Å². The lowest BCUT2D eigenvalue weighted by molar-refractivity contribution is 0.481. The fraction of sp³-hybridized carbons (Fsp3) is 0. The molecule has 0 unspecified atom stereocenters. The van der Waals surface area contributed by atoms with E-state index >= 15 is 0 Å². The van der Waals surface area contributed by atoms with E-state index in [1.807, 2.05) is 54.6 Å². The van der Waals surface area contributed by atoms with Crippen LogP contribution >= 0.6 is 11.3 Å². The number of hydrogen-bond donors (Lipinski definition) is 0. The van der Waals surface area contributed by atoms with Gasteiger partial charge in [0.15, 0.2) is 0 Å². The minimum atomic E-state index is 0.480. The fourth-order valence-corrected chi connectivity index (χ4v) is 3.29. The molecule has 0 atom stereocenters. The molecule has 0 amide bonds. The van der Waals surface area contributed by atoms with E-state index in [0.717, 1.165) is 20.8 Å². The number of aromatic nitrogens is 2. The average molecular weight is 329 g/mol. The normalized spacial score (nSPS) is 10.5. The third-order valence-electron chi connectivity index (χ3n) is 3.51. The predicted octanol–water partition coefficient (Wildman–Crippen LogP) is 5.02. The Labute approximate surface area is 142 Å². The summed E-state index contributed by atoms with van der Waals surface area (Å²) in [5, 5.41) is 10.3. The molecule has 0 aliphatic heterocycles. The van der Waals surface area contributed by atoms with E-state index in [2.05, 4.69) is 16.0 Å². The number of nitriles is 1. The molecule has 0 saturated carbocycles. The molecule has 24 heavy (non-hydrogen) atoms. The van der Waals surface area contributed by atoms with Crippen molar-refractivity contribution < 1.29 is 4.74 Å². The Morgan fingerprint density at radius 3 is 2.71 bits per heavy atom. The van der Waals surface area contributed by atoms with Crippen LogP contribution in [0.5, 0.6) is 11.5 Å². The summed E-state index contributed by atoms with van der Waals surface area (Å²) in [5.41, 5.74) is 2.24. The zero-order valence-corrected chi connectivity index (χ0v) is 13.3. The van der Waals surface area contributed by atoms with Crippen LogP contribution in [-0.4, -0.2) is 9.97 Å². The van der Waals surface area contributed by atoms with Crippen molar-refractivity contribution in [1.82, 2.24) is 9.97 Å². The van der Waals surface area contributed by atoms with Crippen molar-refractivity contribution in [2.24, 2.45) is 0 Å². The predicted molar refractivity (Wildman–Crippen MR) is 94.1 cm³/mol. The highest BCUT2D eigenvalue weighted by Crippen LogP contribution is 2.33. The fourth-order valence-electron chi connectivity index (χ4n) is 2.36. The van der Waals surface area contributed by atoms with E-state index in [4.69, 9.17) is 4.74 Å². The van der Waals surface area contributed by atoms with E-state index in [0.29, 0.717) is 17.1 Å². The summed E-state index contributed by atoms with van der Waals surface area (Å²) in [4.78, 5) is 8.66. The molecule has 2 aromatic heterocycles. The first-order valence-electron chi connectivity index (χ1n) is 7.31. The number of rotatable bonds is 3. The zero-order chi connectivity index (χ0) is 16.4. The van der Waals surface area contributed by atoms with Crippen molar-refractivity contribution in [2.75, 3.05) is 0 Å². The summed E-state index contributed by atoms with van der Waals surface area (Å²) in [6.07, 6.45) is 3.50. The average Bonchev–Trinajstić information content (AvgIpc) is 3.07. The van der Waals surface area contributed by atoms with Gasteiger partial charge in [0, 0.05) is 11.8 Å². The van der Waals surface area contributed by atoms with Gasteiger partial charge in [0.05, 0.1) is 16.5 Å². The molecule has 0 aliphatic carbocycles. The molecule has 0 radical (unpaired) electrons. The highest BCUT2D eigenvalue weighted by atomic mass is 32.1. The van der Waals surface area contributed by atoms with Gasteiger partial charge in [-0.1, -0.05) is 18.2 Å². The third-order valence-corrected chi connectivity index (χ3v) is 4.59. The standard InChI is InChI=1S/C19H11N3OS/c20-11-14-10-13(19-22-16-12-21-9-8-18(16)24-19)6-7-17(14)23-15-4-2-1-3-5-15/h1-10,12H. The maximum atomic E-state index is 9.45. The van der Waals surface area contributed by atoms with E-state index < -0.39 is 0 Å². The number of ether oxygens (including phenoxy) is 1. The van der Waals surface area contributed by atoms with Gasteiger partial charge in [0.2, 0.25) is 0 Å². The van der Waals surface area contributed by atoms with Gasteiger partial charge >= 0.3 is 0 Å². The number of fused-ring (bicyclic) bond motifs is 1. The summed E-state index contributed by atoms with van der Waals surface area (Å²) in [6, 6.07) is 19.1. The maximum absolute atomic E-state index is 9.45. The van der Waals surface area contributed by atoms with Gasteiger partial charge in [-0.2, -0.15) is 5.26 Å². The van der Waals surface area contributed by atoms with Gasteiger partial charge in [-0.25, -0.2) is 4.98 Å². The lowest BCUT2D eigenvalue weighted by Gasteiger charge is -2.08. The molecular formula is C19H11N3OS. The summed E-state index contributed by atoms with van der Waals surface area (Å²) in [7, 11) is 0. The number of hydrogen-bond acceptors (Lipinski definition) is 5. The number of pyridine rings is 1. The number of thiazole rings is 1. The van der Waals surface area contributed by atoms with Crippen molar-refractivity contribution in [2.45, 2.75) is 0 Å². The molecule has 0 bridgehead atoms. The molecule has 114 valence electrons. The first kappa shape index (κ1) is 14.4. The lowest BCUT2D eigenvalue weighted by atomic mass is 10.1. The van der Waals surface area contributed by atoms with Gasteiger partial charge in [0.25, 0.3) is 0 Å². The van der Waals surface area contributed by atoms with Crippen LogP contribution in [0, 0.1) is 11.3 Å². The van der Waals surface area contributed by atoms with Gasteiger partial charge in [0.1, 0.15) is 28.1 Å². The topological polar surface area (TPSA) is 58.8 Å². The van der Waals surface area contributed by atoms with Crippen molar-refractivity contribution in [3.63, 3.8) is 0 Å². The third kappa shape index (κ3) is 2.71. The van der Waals surface area contributed by atoms with Crippen LogP contribution in [0.4, 0.5) is 0 Å². The second-order valence-electron chi connectivity index (χ2n) is 5.10. The number of para-hydroxylation sites is 1. The second-order valence-corrected chi connectivity index (χ2v) is 6.13. The Morgan fingerprint density at radius 2 is 1.92 bits per heavy atom. The molecule has 0 aliphatic rings. The summed E-state index contributed by atoms with van der Waals surface area (Å²) in [6.45, 7) is 0. The van der Waals surface area contributed by atoms with Crippen LogP contribution in [0.25, 0.3) is 20.8 Å². The summed E-state index contributed by atoms with van der Waals surface area (Å²) in [5.74, 6) is 1.24. The zero-order valence-electron chi connectivity index (χ0n) is 12.5. The smallest absolute Gasteiger partial charge is 0.145 e. The Morgan fingerprint density at radius 1 is 1.04 bits per heavy atom. The molecular weight excluding hydrogens is 318 g/mol. The van der Waals surface area contributed by atoms with Crippen molar-refractivity contribution in [3.8, 4) is 28.1 Å². The van der Waals surface area contributed by atoms with Crippen molar-refractivity contribution in [1.29, 1.82) is 5.26 Å². The molecule has 2 aromatic carbocycles. The van der Waals surface area contributed by atoms with Gasteiger partial charge in [-0.15, -0.1) is 11.3 Å². The molecule has 4 rings (SSSR count). The first-order valence-corrected chi connectivity index (χ1v) is 8.13. The van der Waals surface area contributed by atoms with Crippen LogP contribution in [0.2, 0.25) is 0 Å². The largest absolute Gasteiger partial charge is 0.456 e. The molecule has 5 heteroatoms.